The quantitative estimate of drug-likeness (QED) is 0.487. The fourth-order valence-corrected chi connectivity index (χ4v) is 5.99. The standard InChI is InChI=1S/C19H20N6O4S/c1-23(18-15-6-9-20-17(15)21-12-22-18)16-10-24(11-19(16)7-8-19)30(28,29)14-4-2-13(3-5-14)25(26)27/h2-6,9,12,16H,7-8,10-11H2,1H3,(H,20,21,22)/t16-/m0/s1. The van der Waals surface area contributed by atoms with E-state index in [0.717, 1.165) is 29.7 Å². The Morgan fingerprint density at radius 1 is 1.23 bits per heavy atom. The maximum atomic E-state index is 13.2. The largest absolute Gasteiger partial charge is 0.354 e. The van der Waals surface area contributed by atoms with Crippen molar-refractivity contribution in [1.29, 1.82) is 0 Å². The molecule has 1 N–H and O–H groups in total. The molecule has 10 nitrogen and oxygen atoms in total. The fourth-order valence-electron chi connectivity index (χ4n) is 4.45. The third kappa shape index (κ3) is 2.84. The highest BCUT2D eigenvalue weighted by atomic mass is 32.2. The Morgan fingerprint density at radius 3 is 2.63 bits per heavy atom. The molecule has 3 heterocycles. The zero-order chi connectivity index (χ0) is 21.1. The maximum Gasteiger partial charge on any atom is 0.269 e. The lowest BCUT2D eigenvalue weighted by atomic mass is 9.99. The number of non-ortho nitro benzene ring substituents is 1. The second-order valence-corrected chi connectivity index (χ2v) is 9.91. The number of nitrogens with one attached hydrogen (secondary N) is 1. The molecule has 0 amide bonds. The highest BCUT2D eigenvalue weighted by molar-refractivity contribution is 7.89. The van der Waals surface area contributed by atoms with Crippen LogP contribution in [0.15, 0.2) is 47.8 Å². The van der Waals surface area contributed by atoms with Gasteiger partial charge < -0.3 is 9.88 Å². The van der Waals surface area contributed by atoms with E-state index >= 15 is 0 Å². The molecule has 1 aliphatic carbocycles. The lowest BCUT2D eigenvalue weighted by molar-refractivity contribution is -0.384. The second-order valence-electron chi connectivity index (χ2n) is 7.97. The average molecular weight is 428 g/mol. The summed E-state index contributed by atoms with van der Waals surface area (Å²) >= 11 is 0. The van der Waals surface area contributed by atoms with Crippen LogP contribution < -0.4 is 4.90 Å². The number of rotatable bonds is 5. The van der Waals surface area contributed by atoms with Gasteiger partial charge in [0.05, 0.1) is 21.2 Å². The van der Waals surface area contributed by atoms with Gasteiger partial charge in [0, 0.05) is 43.9 Å². The number of benzene rings is 1. The fraction of sp³-hybridized carbons (Fsp3) is 0.368. The molecular weight excluding hydrogens is 408 g/mol. The molecule has 2 fully saturated rings. The molecule has 1 spiro atoms. The second kappa shape index (κ2) is 6.47. The molecule has 2 aliphatic rings. The summed E-state index contributed by atoms with van der Waals surface area (Å²) in [5, 5.41) is 11.8. The number of nitro groups is 1. The van der Waals surface area contributed by atoms with E-state index in [9.17, 15) is 18.5 Å². The van der Waals surface area contributed by atoms with Gasteiger partial charge in [-0.15, -0.1) is 0 Å². The molecule has 5 rings (SSSR count). The minimum absolute atomic E-state index is 0.0154. The third-order valence-corrected chi connectivity index (χ3v) is 8.11. The van der Waals surface area contributed by atoms with Gasteiger partial charge in [0.1, 0.15) is 17.8 Å². The molecule has 1 saturated heterocycles. The molecule has 11 heteroatoms. The van der Waals surface area contributed by atoms with Gasteiger partial charge in [0.15, 0.2) is 0 Å². The van der Waals surface area contributed by atoms with E-state index in [1.807, 2.05) is 19.3 Å². The number of aromatic nitrogens is 3. The van der Waals surface area contributed by atoms with Crippen LogP contribution in [0.5, 0.6) is 0 Å². The molecule has 2 aromatic heterocycles. The summed E-state index contributed by atoms with van der Waals surface area (Å²) in [4.78, 5) is 24.2. The normalized spacial score (nSPS) is 20.6. The van der Waals surface area contributed by atoms with Crippen LogP contribution in [0.2, 0.25) is 0 Å². The van der Waals surface area contributed by atoms with Crippen LogP contribution in [-0.2, 0) is 10.0 Å². The minimum Gasteiger partial charge on any atom is -0.354 e. The van der Waals surface area contributed by atoms with E-state index < -0.39 is 14.9 Å². The number of likely N-dealkylation sites (N-methyl/N-ethyl adjacent to an activating group) is 1. The summed E-state index contributed by atoms with van der Waals surface area (Å²) in [7, 11) is -1.80. The van der Waals surface area contributed by atoms with Crippen molar-refractivity contribution < 1.29 is 13.3 Å². The van der Waals surface area contributed by atoms with Crippen LogP contribution in [0, 0.1) is 15.5 Å². The zero-order valence-electron chi connectivity index (χ0n) is 16.2. The van der Waals surface area contributed by atoms with E-state index in [1.54, 1.807) is 0 Å². The van der Waals surface area contributed by atoms with Crippen LogP contribution in [0.1, 0.15) is 12.8 Å². The van der Waals surface area contributed by atoms with Crippen molar-refractivity contribution in [3.8, 4) is 0 Å². The third-order valence-electron chi connectivity index (χ3n) is 6.29. The molecule has 1 atom stereocenters. The molecule has 0 bridgehead atoms. The molecule has 3 aromatic rings. The topological polar surface area (TPSA) is 125 Å². The van der Waals surface area contributed by atoms with Crippen molar-refractivity contribution in [2.75, 3.05) is 25.0 Å². The van der Waals surface area contributed by atoms with Crippen molar-refractivity contribution in [1.82, 2.24) is 19.3 Å². The van der Waals surface area contributed by atoms with Crippen LogP contribution >= 0.6 is 0 Å². The summed E-state index contributed by atoms with van der Waals surface area (Å²) in [5.41, 5.74) is 0.506. The molecule has 30 heavy (non-hydrogen) atoms. The lowest BCUT2D eigenvalue weighted by Crippen LogP contribution is -2.40. The van der Waals surface area contributed by atoms with Gasteiger partial charge in [-0.3, -0.25) is 10.1 Å². The van der Waals surface area contributed by atoms with Crippen molar-refractivity contribution >= 4 is 32.6 Å². The molecule has 0 unspecified atom stereocenters. The average Bonchev–Trinajstić information content (AvgIpc) is 3.17. The predicted octanol–water partition coefficient (Wildman–Crippen LogP) is 2.16. The number of fused-ring (bicyclic) bond motifs is 1. The number of sulfonamides is 1. The van der Waals surface area contributed by atoms with Crippen molar-refractivity contribution in [2.45, 2.75) is 23.8 Å². The molecule has 1 aliphatic heterocycles. The number of nitro benzene ring substituents is 1. The Bertz CT molecular complexity index is 1240. The Kier molecular flexibility index (Phi) is 4.09. The number of hydrogen-bond donors (Lipinski definition) is 1. The number of nitrogens with zero attached hydrogens (tertiary/aromatic N) is 5. The van der Waals surface area contributed by atoms with Crippen molar-refractivity contribution in [2.24, 2.45) is 5.41 Å². The monoisotopic (exact) mass is 428 g/mol. The maximum absolute atomic E-state index is 13.2. The lowest BCUT2D eigenvalue weighted by Gasteiger charge is -2.30. The van der Waals surface area contributed by atoms with Gasteiger partial charge in [-0.05, 0) is 31.0 Å². The van der Waals surface area contributed by atoms with Gasteiger partial charge in [-0.2, -0.15) is 4.31 Å². The summed E-state index contributed by atoms with van der Waals surface area (Å²) < 4.78 is 27.9. The van der Waals surface area contributed by atoms with Crippen molar-refractivity contribution in [3.63, 3.8) is 0 Å². The first-order valence-electron chi connectivity index (χ1n) is 9.57. The summed E-state index contributed by atoms with van der Waals surface area (Å²) in [6, 6.07) is 6.96. The first-order valence-corrected chi connectivity index (χ1v) is 11.0. The van der Waals surface area contributed by atoms with Gasteiger partial charge in [0.2, 0.25) is 10.0 Å². The van der Waals surface area contributed by atoms with Gasteiger partial charge in [0.25, 0.3) is 5.69 Å². The van der Waals surface area contributed by atoms with Crippen LogP contribution in [0.3, 0.4) is 0 Å². The molecule has 1 aromatic carbocycles. The van der Waals surface area contributed by atoms with Crippen molar-refractivity contribution in [3.05, 3.63) is 53.0 Å². The van der Waals surface area contributed by atoms with E-state index in [1.165, 1.54) is 34.9 Å². The first kappa shape index (κ1) is 18.9. The van der Waals surface area contributed by atoms with E-state index in [-0.39, 0.29) is 22.0 Å². The molecule has 156 valence electrons. The number of H-pyrrole nitrogens is 1. The first-order chi connectivity index (χ1) is 14.3. The van der Waals surface area contributed by atoms with Gasteiger partial charge in [-0.1, -0.05) is 0 Å². The summed E-state index contributed by atoms with van der Waals surface area (Å²) in [5.74, 6) is 0.770. The van der Waals surface area contributed by atoms with Gasteiger partial charge >= 0.3 is 0 Å². The van der Waals surface area contributed by atoms with E-state index in [4.69, 9.17) is 0 Å². The zero-order valence-corrected chi connectivity index (χ0v) is 17.0. The highest BCUT2D eigenvalue weighted by Gasteiger charge is 2.59. The Balaban J connectivity index is 1.45. The predicted molar refractivity (Wildman–Crippen MR) is 110 cm³/mol. The molecular formula is C19H20N6O4S. The highest BCUT2D eigenvalue weighted by Crippen LogP contribution is 2.55. The Morgan fingerprint density at radius 2 is 1.97 bits per heavy atom. The van der Waals surface area contributed by atoms with E-state index in [2.05, 4.69) is 19.9 Å². The summed E-state index contributed by atoms with van der Waals surface area (Å²) in [6.45, 7) is 0.772. The number of aromatic amines is 1. The number of hydrogen-bond acceptors (Lipinski definition) is 7. The number of anilines is 1. The Hall–Kier alpha value is -3.05. The molecule has 0 radical (unpaired) electrons. The smallest absolute Gasteiger partial charge is 0.269 e. The van der Waals surface area contributed by atoms with Gasteiger partial charge in [-0.25, -0.2) is 18.4 Å². The van der Waals surface area contributed by atoms with E-state index in [0.29, 0.717) is 13.1 Å². The molecule has 1 saturated carbocycles. The van der Waals surface area contributed by atoms with Crippen LogP contribution in [0.25, 0.3) is 11.0 Å². The summed E-state index contributed by atoms with van der Waals surface area (Å²) in [6.07, 6.45) is 5.22. The van der Waals surface area contributed by atoms with Crippen LogP contribution in [-0.4, -0.2) is 58.8 Å². The minimum atomic E-state index is -3.75. The van der Waals surface area contributed by atoms with Crippen LogP contribution in [0.4, 0.5) is 11.5 Å². The Labute approximate surface area is 172 Å². The SMILES string of the molecule is CN(c1ncnc2[nH]ccc12)[C@H]1CN(S(=O)(=O)c2ccc([N+](=O)[O-])cc2)CC12CC2.